The molecule has 1 aliphatic rings. The van der Waals surface area contributed by atoms with E-state index < -0.39 is 0 Å². The highest BCUT2D eigenvalue weighted by Gasteiger charge is 2.33. The van der Waals surface area contributed by atoms with E-state index in [1.165, 1.54) is 0 Å². The van der Waals surface area contributed by atoms with Crippen LogP contribution >= 0.6 is 11.6 Å². The van der Waals surface area contributed by atoms with Gasteiger partial charge < -0.3 is 9.42 Å². The molecule has 0 bridgehead atoms. The molecular weight excluding hydrogens is 350 g/mol. The molecule has 2 aromatic carbocycles. The van der Waals surface area contributed by atoms with Crippen molar-refractivity contribution >= 4 is 17.5 Å². The first-order chi connectivity index (χ1) is 12.7. The molecule has 1 saturated heterocycles. The Morgan fingerprint density at radius 3 is 2.65 bits per heavy atom. The van der Waals surface area contributed by atoms with Gasteiger partial charge in [-0.25, -0.2) is 0 Å². The van der Waals surface area contributed by atoms with Crippen molar-refractivity contribution in [3.8, 4) is 11.4 Å². The highest BCUT2D eigenvalue weighted by Crippen LogP contribution is 2.33. The minimum Gasteiger partial charge on any atom is -0.337 e. The van der Waals surface area contributed by atoms with E-state index in [1.807, 2.05) is 42.5 Å². The fraction of sp³-hybridized carbons (Fsp3) is 0.250. The number of piperidine rings is 1. The molecule has 3 aromatic rings. The van der Waals surface area contributed by atoms with Gasteiger partial charge in [0, 0.05) is 12.1 Å². The van der Waals surface area contributed by atoms with Crippen molar-refractivity contribution in [3.05, 3.63) is 71.1 Å². The van der Waals surface area contributed by atoms with Crippen molar-refractivity contribution in [2.24, 2.45) is 0 Å². The van der Waals surface area contributed by atoms with Crippen LogP contribution in [-0.2, 0) is 0 Å². The third-order valence-electron chi connectivity index (χ3n) is 4.63. The van der Waals surface area contributed by atoms with Gasteiger partial charge in [-0.05, 0) is 31.4 Å². The van der Waals surface area contributed by atoms with E-state index in [4.69, 9.17) is 16.1 Å². The van der Waals surface area contributed by atoms with Crippen molar-refractivity contribution in [1.82, 2.24) is 15.0 Å². The molecule has 0 saturated carbocycles. The lowest BCUT2D eigenvalue weighted by atomic mass is 10.0. The maximum absolute atomic E-state index is 13.0. The Hall–Kier alpha value is -2.66. The molecule has 6 heteroatoms. The van der Waals surface area contributed by atoms with Gasteiger partial charge in [-0.1, -0.05) is 59.2 Å². The van der Waals surface area contributed by atoms with Gasteiger partial charge in [0.25, 0.3) is 5.91 Å². The summed E-state index contributed by atoms with van der Waals surface area (Å²) in [5.74, 6) is 0.917. The molecule has 4 rings (SSSR count). The third kappa shape index (κ3) is 3.22. The zero-order valence-corrected chi connectivity index (χ0v) is 14.9. The van der Waals surface area contributed by atoms with Crippen molar-refractivity contribution in [3.63, 3.8) is 0 Å². The summed E-state index contributed by atoms with van der Waals surface area (Å²) >= 11 is 6.22. The number of hydrogen-bond donors (Lipinski definition) is 0. The number of hydrogen-bond acceptors (Lipinski definition) is 4. The molecule has 26 heavy (non-hydrogen) atoms. The number of amides is 1. The Bertz CT molecular complexity index is 910. The van der Waals surface area contributed by atoms with E-state index in [0.29, 0.717) is 28.8 Å². The summed E-state index contributed by atoms with van der Waals surface area (Å²) in [6, 6.07) is 16.6. The number of carbonyl (C=O) groups is 1. The standard InChI is InChI=1S/C20H18ClN3O2/c21-16-11-5-4-10-15(16)20(25)24-13-7-6-12-17(24)19-22-18(23-26-19)14-8-2-1-3-9-14/h1-5,8-11,17H,6-7,12-13H2/t17-/m0/s1. The predicted molar refractivity (Wildman–Crippen MR) is 98.8 cm³/mol. The van der Waals surface area contributed by atoms with E-state index in [-0.39, 0.29) is 11.9 Å². The van der Waals surface area contributed by atoms with Crippen molar-refractivity contribution in [1.29, 1.82) is 0 Å². The van der Waals surface area contributed by atoms with Crippen LogP contribution in [0.1, 0.15) is 41.6 Å². The van der Waals surface area contributed by atoms with Crippen molar-refractivity contribution < 1.29 is 9.32 Å². The van der Waals surface area contributed by atoms with Gasteiger partial charge in [-0.15, -0.1) is 0 Å². The summed E-state index contributed by atoms with van der Waals surface area (Å²) in [6.45, 7) is 0.651. The molecule has 0 N–H and O–H groups in total. The van der Waals surface area contributed by atoms with Crippen LogP contribution in [0.15, 0.2) is 59.1 Å². The van der Waals surface area contributed by atoms with Crippen LogP contribution in [0.5, 0.6) is 0 Å². The molecule has 0 radical (unpaired) electrons. The minimum atomic E-state index is -0.225. The molecule has 5 nitrogen and oxygen atoms in total. The van der Waals surface area contributed by atoms with Gasteiger partial charge >= 0.3 is 0 Å². The number of rotatable bonds is 3. The molecule has 1 atom stereocenters. The number of benzene rings is 2. The molecule has 0 unspecified atom stereocenters. The number of nitrogens with zero attached hydrogens (tertiary/aromatic N) is 3. The summed E-state index contributed by atoms with van der Waals surface area (Å²) in [6.07, 6.45) is 2.76. The molecule has 1 aromatic heterocycles. The van der Waals surface area contributed by atoms with E-state index in [0.717, 1.165) is 24.8 Å². The topological polar surface area (TPSA) is 59.2 Å². The monoisotopic (exact) mass is 367 g/mol. The second kappa shape index (κ2) is 7.30. The van der Waals surface area contributed by atoms with E-state index in [1.54, 1.807) is 17.0 Å². The van der Waals surface area contributed by atoms with Gasteiger partial charge in [0.05, 0.1) is 10.6 Å². The van der Waals surface area contributed by atoms with Crippen LogP contribution in [0.3, 0.4) is 0 Å². The van der Waals surface area contributed by atoms with Crippen molar-refractivity contribution in [2.75, 3.05) is 6.54 Å². The molecule has 1 fully saturated rings. The number of carbonyl (C=O) groups excluding carboxylic acids is 1. The molecular formula is C20H18ClN3O2. The number of aromatic nitrogens is 2. The average Bonchev–Trinajstić information content (AvgIpc) is 3.19. The zero-order chi connectivity index (χ0) is 17.9. The zero-order valence-electron chi connectivity index (χ0n) is 14.1. The first-order valence-electron chi connectivity index (χ1n) is 8.68. The summed E-state index contributed by atoms with van der Waals surface area (Å²) in [4.78, 5) is 19.4. The quantitative estimate of drug-likeness (QED) is 0.669. The molecule has 0 aliphatic carbocycles. The fourth-order valence-corrected chi connectivity index (χ4v) is 3.51. The maximum Gasteiger partial charge on any atom is 0.256 e. The molecule has 132 valence electrons. The first kappa shape index (κ1) is 16.8. The SMILES string of the molecule is O=C(c1ccccc1Cl)N1CCCC[C@H]1c1nc(-c2ccccc2)no1. The average molecular weight is 368 g/mol. The van der Waals surface area contributed by atoms with Crippen LogP contribution in [0, 0.1) is 0 Å². The van der Waals surface area contributed by atoms with Crippen LogP contribution in [0.2, 0.25) is 5.02 Å². The van der Waals surface area contributed by atoms with Crippen LogP contribution in [-0.4, -0.2) is 27.5 Å². The Balaban J connectivity index is 1.63. The number of halogens is 1. The van der Waals surface area contributed by atoms with Gasteiger partial charge in [-0.3, -0.25) is 4.79 Å². The number of likely N-dealkylation sites (tertiary alicyclic amines) is 1. The van der Waals surface area contributed by atoms with Gasteiger partial charge in [0.1, 0.15) is 6.04 Å². The van der Waals surface area contributed by atoms with Crippen LogP contribution in [0.4, 0.5) is 0 Å². The lowest BCUT2D eigenvalue weighted by Gasteiger charge is -2.33. The third-order valence-corrected chi connectivity index (χ3v) is 4.96. The minimum absolute atomic E-state index is 0.0974. The second-order valence-electron chi connectivity index (χ2n) is 6.31. The molecule has 0 spiro atoms. The van der Waals surface area contributed by atoms with Crippen molar-refractivity contribution in [2.45, 2.75) is 25.3 Å². The second-order valence-corrected chi connectivity index (χ2v) is 6.72. The normalized spacial score (nSPS) is 17.3. The van der Waals surface area contributed by atoms with Gasteiger partial charge in [0.2, 0.25) is 11.7 Å². The summed E-state index contributed by atoms with van der Waals surface area (Å²) < 4.78 is 5.52. The lowest BCUT2D eigenvalue weighted by Crippen LogP contribution is -2.38. The highest BCUT2D eigenvalue weighted by atomic mass is 35.5. The maximum atomic E-state index is 13.0. The summed E-state index contributed by atoms with van der Waals surface area (Å²) in [5.41, 5.74) is 1.39. The van der Waals surface area contributed by atoms with E-state index in [9.17, 15) is 4.79 Å². The fourth-order valence-electron chi connectivity index (χ4n) is 3.30. The largest absolute Gasteiger partial charge is 0.337 e. The van der Waals surface area contributed by atoms with Gasteiger partial charge in [-0.2, -0.15) is 4.98 Å². The Labute approximate surface area is 156 Å². The highest BCUT2D eigenvalue weighted by molar-refractivity contribution is 6.33. The lowest BCUT2D eigenvalue weighted by molar-refractivity contribution is 0.0561. The van der Waals surface area contributed by atoms with Crippen LogP contribution < -0.4 is 0 Å². The smallest absolute Gasteiger partial charge is 0.256 e. The molecule has 1 aliphatic heterocycles. The summed E-state index contributed by atoms with van der Waals surface area (Å²) in [5, 5.41) is 4.55. The summed E-state index contributed by atoms with van der Waals surface area (Å²) in [7, 11) is 0. The predicted octanol–water partition coefficient (Wildman–Crippen LogP) is 4.76. The van der Waals surface area contributed by atoms with E-state index in [2.05, 4.69) is 10.1 Å². The Morgan fingerprint density at radius 2 is 1.85 bits per heavy atom. The van der Waals surface area contributed by atoms with Gasteiger partial charge in [0.15, 0.2) is 0 Å². The van der Waals surface area contributed by atoms with Crippen LogP contribution in [0.25, 0.3) is 11.4 Å². The molecule has 1 amide bonds. The van der Waals surface area contributed by atoms with E-state index >= 15 is 0 Å². The first-order valence-corrected chi connectivity index (χ1v) is 9.06. The molecule has 2 heterocycles. The Morgan fingerprint density at radius 1 is 1.08 bits per heavy atom. The Kier molecular flexibility index (Phi) is 4.71.